The Morgan fingerprint density at radius 2 is 1.88 bits per heavy atom. The maximum Gasteiger partial charge on any atom is 0.389 e. The van der Waals surface area contributed by atoms with Crippen LogP contribution in [0.1, 0.15) is 35.6 Å². The quantitative estimate of drug-likeness (QED) is 0.842. The minimum absolute atomic E-state index is 0.284. The highest BCUT2D eigenvalue weighted by Crippen LogP contribution is 2.29. The van der Waals surface area contributed by atoms with E-state index in [0.717, 1.165) is 11.1 Å². The smallest absolute Gasteiger partial charge is 0.388 e. The zero-order valence-corrected chi connectivity index (χ0v) is 9.30. The fraction of sp³-hybridized carbons (Fsp3) is 0.500. The van der Waals surface area contributed by atoms with Crippen LogP contribution < -0.4 is 0 Å². The molecule has 1 aromatic rings. The summed E-state index contributed by atoms with van der Waals surface area (Å²) in [5.41, 5.74) is 2.34. The van der Waals surface area contributed by atoms with Crippen LogP contribution in [0.4, 0.5) is 13.2 Å². The first-order valence-electron chi connectivity index (χ1n) is 5.11. The molecule has 1 rings (SSSR count). The molecule has 0 bridgehead atoms. The molecule has 0 aliphatic rings. The number of hydrogen-bond donors (Lipinski definition) is 1. The molecule has 0 aromatic heterocycles. The molecular formula is C12H15F3O. The molecule has 1 aromatic carbocycles. The van der Waals surface area contributed by atoms with E-state index in [9.17, 15) is 18.3 Å². The summed E-state index contributed by atoms with van der Waals surface area (Å²) in [4.78, 5) is 0. The topological polar surface area (TPSA) is 20.2 Å². The van der Waals surface area contributed by atoms with Gasteiger partial charge in [0.15, 0.2) is 0 Å². The molecule has 1 unspecified atom stereocenters. The van der Waals surface area contributed by atoms with Crippen LogP contribution in [0.15, 0.2) is 18.2 Å². The standard InChI is InChI=1S/C12H15F3O/c1-8-3-4-9(2)10(7-8)11(16)5-6-12(13,14)15/h3-4,7,11,16H,5-6H2,1-2H3. The second kappa shape index (κ2) is 4.87. The van der Waals surface area contributed by atoms with Gasteiger partial charge < -0.3 is 5.11 Å². The average Bonchev–Trinajstić information content (AvgIpc) is 2.17. The third-order valence-corrected chi connectivity index (χ3v) is 2.49. The Morgan fingerprint density at radius 1 is 1.25 bits per heavy atom. The Labute approximate surface area is 92.9 Å². The van der Waals surface area contributed by atoms with Crippen LogP contribution in [-0.4, -0.2) is 11.3 Å². The number of hydrogen-bond acceptors (Lipinski definition) is 1. The van der Waals surface area contributed by atoms with Crippen LogP contribution in [0.3, 0.4) is 0 Å². The third-order valence-electron chi connectivity index (χ3n) is 2.49. The van der Waals surface area contributed by atoms with Gasteiger partial charge in [0.05, 0.1) is 6.10 Å². The lowest BCUT2D eigenvalue weighted by Crippen LogP contribution is -2.10. The van der Waals surface area contributed by atoms with Gasteiger partial charge in [-0.25, -0.2) is 0 Å². The molecular weight excluding hydrogens is 217 g/mol. The highest BCUT2D eigenvalue weighted by molar-refractivity contribution is 5.32. The number of benzene rings is 1. The van der Waals surface area contributed by atoms with Gasteiger partial charge in [0.1, 0.15) is 0 Å². The number of aliphatic hydroxyl groups excluding tert-OH is 1. The zero-order valence-electron chi connectivity index (χ0n) is 9.30. The summed E-state index contributed by atoms with van der Waals surface area (Å²) in [6.07, 6.45) is -6.49. The van der Waals surface area contributed by atoms with Crippen molar-refractivity contribution in [1.29, 1.82) is 0 Å². The van der Waals surface area contributed by atoms with Crippen LogP contribution >= 0.6 is 0 Å². The minimum atomic E-state index is -4.21. The van der Waals surface area contributed by atoms with E-state index in [0.29, 0.717) is 5.56 Å². The maximum absolute atomic E-state index is 12.0. The van der Waals surface area contributed by atoms with E-state index in [1.54, 1.807) is 13.0 Å². The van der Waals surface area contributed by atoms with Gasteiger partial charge in [-0.3, -0.25) is 0 Å². The van der Waals surface area contributed by atoms with Crippen molar-refractivity contribution in [3.63, 3.8) is 0 Å². The molecule has 0 radical (unpaired) electrons. The second-order valence-electron chi connectivity index (χ2n) is 4.03. The number of aryl methyl sites for hydroxylation is 2. The first kappa shape index (κ1) is 13.0. The van der Waals surface area contributed by atoms with E-state index in [2.05, 4.69) is 0 Å². The van der Waals surface area contributed by atoms with Crippen molar-refractivity contribution >= 4 is 0 Å². The summed E-state index contributed by atoms with van der Waals surface area (Å²) in [5, 5.41) is 9.69. The van der Waals surface area contributed by atoms with Crippen LogP contribution in [0.2, 0.25) is 0 Å². The normalized spacial score (nSPS) is 13.9. The molecule has 0 heterocycles. The van der Waals surface area contributed by atoms with Crippen LogP contribution in [-0.2, 0) is 0 Å². The van der Waals surface area contributed by atoms with Gasteiger partial charge in [-0.2, -0.15) is 13.2 Å². The number of alkyl halides is 3. The minimum Gasteiger partial charge on any atom is -0.388 e. The molecule has 16 heavy (non-hydrogen) atoms. The van der Waals surface area contributed by atoms with E-state index in [4.69, 9.17) is 0 Å². The van der Waals surface area contributed by atoms with Crippen LogP contribution in [0, 0.1) is 13.8 Å². The van der Waals surface area contributed by atoms with Crippen molar-refractivity contribution in [2.24, 2.45) is 0 Å². The van der Waals surface area contributed by atoms with E-state index in [-0.39, 0.29) is 6.42 Å². The van der Waals surface area contributed by atoms with Crippen LogP contribution in [0.25, 0.3) is 0 Å². The van der Waals surface area contributed by atoms with Crippen molar-refractivity contribution < 1.29 is 18.3 Å². The lowest BCUT2D eigenvalue weighted by Gasteiger charge is -2.15. The van der Waals surface area contributed by atoms with Gasteiger partial charge in [-0.1, -0.05) is 23.8 Å². The largest absolute Gasteiger partial charge is 0.389 e. The van der Waals surface area contributed by atoms with Gasteiger partial charge in [-0.05, 0) is 31.4 Å². The van der Waals surface area contributed by atoms with Gasteiger partial charge in [0, 0.05) is 6.42 Å². The molecule has 1 atom stereocenters. The second-order valence-corrected chi connectivity index (χ2v) is 4.03. The SMILES string of the molecule is Cc1ccc(C)c(C(O)CCC(F)(F)F)c1. The van der Waals surface area contributed by atoms with Crippen molar-refractivity contribution in [2.75, 3.05) is 0 Å². The van der Waals surface area contributed by atoms with Gasteiger partial charge >= 0.3 is 6.18 Å². The molecule has 0 saturated carbocycles. The molecule has 0 spiro atoms. The van der Waals surface area contributed by atoms with Crippen molar-refractivity contribution in [2.45, 2.75) is 39.0 Å². The number of halogens is 3. The van der Waals surface area contributed by atoms with Crippen molar-refractivity contribution in [3.05, 3.63) is 34.9 Å². The van der Waals surface area contributed by atoms with Crippen LogP contribution in [0.5, 0.6) is 0 Å². The molecule has 90 valence electrons. The molecule has 1 N–H and O–H groups in total. The highest BCUT2D eigenvalue weighted by atomic mass is 19.4. The molecule has 0 aliphatic carbocycles. The zero-order chi connectivity index (χ0) is 12.3. The van der Waals surface area contributed by atoms with Gasteiger partial charge in [0.2, 0.25) is 0 Å². The summed E-state index contributed by atoms with van der Waals surface area (Å²) >= 11 is 0. The lowest BCUT2D eigenvalue weighted by molar-refractivity contribution is -0.140. The Hall–Kier alpha value is -1.03. The third kappa shape index (κ3) is 3.85. The van der Waals surface area contributed by atoms with Gasteiger partial charge in [0.25, 0.3) is 0 Å². The van der Waals surface area contributed by atoms with Gasteiger partial charge in [-0.15, -0.1) is 0 Å². The fourth-order valence-corrected chi connectivity index (χ4v) is 1.57. The summed E-state index contributed by atoms with van der Waals surface area (Å²) in [6.45, 7) is 3.63. The summed E-state index contributed by atoms with van der Waals surface area (Å²) in [5.74, 6) is 0. The first-order chi connectivity index (χ1) is 7.29. The molecule has 4 heteroatoms. The molecule has 0 aliphatic heterocycles. The Bertz CT molecular complexity index is 358. The monoisotopic (exact) mass is 232 g/mol. The molecule has 0 saturated heterocycles. The predicted octanol–water partition coefficient (Wildman–Crippen LogP) is 3.68. The van der Waals surface area contributed by atoms with Crippen molar-refractivity contribution in [3.8, 4) is 0 Å². The van der Waals surface area contributed by atoms with E-state index >= 15 is 0 Å². The van der Waals surface area contributed by atoms with E-state index in [1.807, 2.05) is 19.1 Å². The molecule has 1 nitrogen and oxygen atoms in total. The van der Waals surface area contributed by atoms with E-state index < -0.39 is 18.7 Å². The predicted molar refractivity (Wildman–Crippen MR) is 56.2 cm³/mol. The number of aliphatic hydroxyl groups is 1. The number of rotatable bonds is 3. The maximum atomic E-state index is 12.0. The highest BCUT2D eigenvalue weighted by Gasteiger charge is 2.28. The Kier molecular flexibility index (Phi) is 3.97. The summed E-state index contributed by atoms with van der Waals surface area (Å²) in [6, 6.07) is 5.41. The Balaban J connectivity index is 2.73. The Morgan fingerprint density at radius 3 is 2.44 bits per heavy atom. The lowest BCUT2D eigenvalue weighted by atomic mass is 9.98. The fourth-order valence-electron chi connectivity index (χ4n) is 1.57. The summed E-state index contributed by atoms with van der Waals surface area (Å²) < 4.78 is 36.0. The summed E-state index contributed by atoms with van der Waals surface area (Å²) in [7, 11) is 0. The molecule has 0 fully saturated rings. The first-order valence-corrected chi connectivity index (χ1v) is 5.11. The van der Waals surface area contributed by atoms with Crippen molar-refractivity contribution in [1.82, 2.24) is 0 Å². The average molecular weight is 232 g/mol. The van der Waals surface area contributed by atoms with E-state index in [1.165, 1.54) is 0 Å². The molecule has 0 amide bonds.